The van der Waals surface area contributed by atoms with Gasteiger partial charge in [-0.2, -0.15) is 0 Å². The molecule has 4 nitrogen and oxygen atoms in total. The summed E-state index contributed by atoms with van der Waals surface area (Å²) < 4.78 is 5.27. The third-order valence-corrected chi connectivity index (χ3v) is 4.17. The summed E-state index contributed by atoms with van der Waals surface area (Å²) >= 11 is 11.8. The highest BCUT2D eigenvalue weighted by atomic mass is 35.5. The number of esters is 1. The lowest BCUT2D eigenvalue weighted by molar-refractivity contribution is -0.158. The maximum Gasteiger partial charge on any atom is 0.309 e. The molecular formula is C16H19Cl2NO3. The van der Waals surface area contributed by atoms with Crippen LogP contribution in [0.2, 0.25) is 10.0 Å². The molecule has 0 heterocycles. The van der Waals surface area contributed by atoms with E-state index in [0.29, 0.717) is 15.7 Å². The highest BCUT2D eigenvalue weighted by Gasteiger charge is 2.26. The van der Waals surface area contributed by atoms with Crippen molar-refractivity contribution in [2.24, 2.45) is 5.92 Å². The van der Waals surface area contributed by atoms with E-state index >= 15 is 0 Å². The summed E-state index contributed by atoms with van der Waals surface area (Å²) in [6, 6.07) is 4.74. The Hall–Kier alpha value is -1.26. The molecule has 1 aromatic carbocycles. The van der Waals surface area contributed by atoms with Crippen molar-refractivity contribution < 1.29 is 14.3 Å². The average molecular weight is 344 g/mol. The van der Waals surface area contributed by atoms with Crippen LogP contribution in [0.4, 0.5) is 5.69 Å². The van der Waals surface area contributed by atoms with E-state index < -0.39 is 12.0 Å². The summed E-state index contributed by atoms with van der Waals surface area (Å²) in [7, 11) is 0. The molecule has 6 heteroatoms. The molecule has 1 atom stereocenters. The van der Waals surface area contributed by atoms with E-state index in [-0.39, 0.29) is 11.9 Å². The van der Waals surface area contributed by atoms with Gasteiger partial charge >= 0.3 is 5.97 Å². The zero-order chi connectivity index (χ0) is 16.1. The molecule has 0 aliphatic heterocycles. The summed E-state index contributed by atoms with van der Waals surface area (Å²) in [5.74, 6) is -0.765. The van der Waals surface area contributed by atoms with Gasteiger partial charge in [-0.3, -0.25) is 9.59 Å². The molecule has 0 bridgehead atoms. The van der Waals surface area contributed by atoms with Crippen molar-refractivity contribution in [1.29, 1.82) is 0 Å². The first kappa shape index (κ1) is 17.1. The molecule has 1 saturated carbocycles. The van der Waals surface area contributed by atoms with Gasteiger partial charge in [-0.05, 0) is 38.0 Å². The van der Waals surface area contributed by atoms with Crippen molar-refractivity contribution >= 4 is 40.8 Å². The minimum Gasteiger partial charge on any atom is -0.452 e. The number of hydrogen-bond donors (Lipinski definition) is 1. The summed E-state index contributed by atoms with van der Waals surface area (Å²) in [6.07, 6.45) is 4.08. The van der Waals surface area contributed by atoms with Crippen LogP contribution in [0.3, 0.4) is 0 Å². The molecule has 120 valence electrons. The third-order valence-electron chi connectivity index (χ3n) is 3.73. The molecule has 2 rings (SSSR count). The van der Waals surface area contributed by atoms with Crippen LogP contribution in [0.15, 0.2) is 18.2 Å². The smallest absolute Gasteiger partial charge is 0.309 e. The molecule has 22 heavy (non-hydrogen) atoms. The van der Waals surface area contributed by atoms with E-state index in [2.05, 4.69) is 5.32 Å². The predicted molar refractivity (Wildman–Crippen MR) is 87.2 cm³/mol. The van der Waals surface area contributed by atoms with Crippen LogP contribution < -0.4 is 5.32 Å². The van der Waals surface area contributed by atoms with Gasteiger partial charge in [0.25, 0.3) is 5.91 Å². The second kappa shape index (κ2) is 7.84. The van der Waals surface area contributed by atoms with Crippen LogP contribution in [0.5, 0.6) is 0 Å². The first-order valence-electron chi connectivity index (χ1n) is 7.43. The van der Waals surface area contributed by atoms with Crippen molar-refractivity contribution in [3.63, 3.8) is 0 Å². The summed E-state index contributed by atoms with van der Waals surface area (Å²) in [5, 5.41) is 3.50. The molecule has 1 aliphatic rings. The largest absolute Gasteiger partial charge is 0.452 e. The molecular weight excluding hydrogens is 325 g/mol. The Kier molecular flexibility index (Phi) is 6.09. The summed E-state index contributed by atoms with van der Waals surface area (Å²) in [6.45, 7) is 1.56. The maximum absolute atomic E-state index is 12.1. The molecule has 0 radical (unpaired) electrons. The van der Waals surface area contributed by atoms with E-state index in [4.69, 9.17) is 27.9 Å². The van der Waals surface area contributed by atoms with Gasteiger partial charge in [-0.15, -0.1) is 0 Å². The molecule has 0 unspecified atom stereocenters. The van der Waals surface area contributed by atoms with E-state index in [1.807, 2.05) is 0 Å². The van der Waals surface area contributed by atoms with Gasteiger partial charge in [-0.25, -0.2) is 0 Å². The Morgan fingerprint density at radius 3 is 2.32 bits per heavy atom. The van der Waals surface area contributed by atoms with E-state index in [1.54, 1.807) is 25.1 Å². The Morgan fingerprint density at radius 2 is 1.73 bits per heavy atom. The monoisotopic (exact) mass is 343 g/mol. The molecule has 0 spiro atoms. The van der Waals surface area contributed by atoms with Crippen LogP contribution in [0, 0.1) is 5.92 Å². The zero-order valence-electron chi connectivity index (χ0n) is 12.4. The van der Waals surface area contributed by atoms with E-state index in [0.717, 1.165) is 32.1 Å². The Balaban J connectivity index is 1.89. The number of carbonyl (C=O) groups is 2. The normalized spacial score (nSPS) is 16.9. The Morgan fingerprint density at radius 1 is 1.14 bits per heavy atom. The fourth-order valence-electron chi connectivity index (χ4n) is 2.53. The number of hydrogen-bond acceptors (Lipinski definition) is 3. The third kappa shape index (κ3) is 4.89. The number of amides is 1. The van der Waals surface area contributed by atoms with E-state index in [9.17, 15) is 9.59 Å². The summed E-state index contributed by atoms with van der Waals surface area (Å²) in [5.41, 5.74) is 0.475. The molecule has 1 aliphatic carbocycles. The Labute approximate surface area is 140 Å². The van der Waals surface area contributed by atoms with Crippen molar-refractivity contribution in [2.75, 3.05) is 5.32 Å². The molecule has 1 aromatic rings. The molecule has 1 fully saturated rings. The number of rotatable bonds is 4. The average Bonchev–Trinajstić information content (AvgIpc) is 2.46. The minimum atomic E-state index is -0.854. The minimum absolute atomic E-state index is 0.0791. The zero-order valence-corrected chi connectivity index (χ0v) is 13.9. The number of nitrogens with one attached hydrogen (secondary N) is 1. The van der Waals surface area contributed by atoms with Crippen molar-refractivity contribution in [3.8, 4) is 0 Å². The van der Waals surface area contributed by atoms with Gasteiger partial charge in [-0.1, -0.05) is 42.5 Å². The number of ether oxygens (including phenoxy) is 1. The number of carbonyl (C=O) groups excluding carboxylic acids is 2. The van der Waals surface area contributed by atoms with Crippen LogP contribution in [-0.2, 0) is 14.3 Å². The van der Waals surface area contributed by atoms with Gasteiger partial charge in [0, 0.05) is 15.7 Å². The first-order valence-corrected chi connectivity index (χ1v) is 8.19. The molecule has 1 amide bonds. The highest BCUT2D eigenvalue weighted by Crippen LogP contribution is 2.25. The highest BCUT2D eigenvalue weighted by molar-refractivity contribution is 6.35. The van der Waals surface area contributed by atoms with Gasteiger partial charge in [0.05, 0.1) is 5.92 Å². The number of halogens is 2. The first-order chi connectivity index (χ1) is 10.5. The van der Waals surface area contributed by atoms with Gasteiger partial charge in [0.2, 0.25) is 0 Å². The standard InChI is InChI=1S/C16H19Cl2NO3/c1-10(22-16(21)11-5-3-2-4-6-11)15(20)19-14-8-12(17)7-13(18)9-14/h7-11H,2-6H2,1H3,(H,19,20)/t10-/m0/s1. The molecule has 0 aromatic heterocycles. The van der Waals surface area contributed by atoms with Crippen LogP contribution in [0.1, 0.15) is 39.0 Å². The fraction of sp³-hybridized carbons (Fsp3) is 0.500. The van der Waals surface area contributed by atoms with Gasteiger partial charge in [0.15, 0.2) is 6.10 Å². The lowest BCUT2D eigenvalue weighted by Gasteiger charge is -2.22. The van der Waals surface area contributed by atoms with Gasteiger partial charge in [0.1, 0.15) is 0 Å². The van der Waals surface area contributed by atoms with E-state index in [1.165, 1.54) is 0 Å². The van der Waals surface area contributed by atoms with Crippen molar-refractivity contribution in [1.82, 2.24) is 0 Å². The number of anilines is 1. The van der Waals surface area contributed by atoms with Crippen LogP contribution in [0.25, 0.3) is 0 Å². The lowest BCUT2D eigenvalue weighted by Crippen LogP contribution is -2.32. The topological polar surface area (TPSA) is 55.4 Å². The summed E-state index contributed by atoms with van der Waals surface area (Å²) in [4.78, 5) is 24.1. The lowest BCUT2D eigenvalue weighted by atomic mass is 9.89. The van der Waals surface area contributed by atoms with Crippen molar-refractivity contribution in [2.45, 2.75) is 45.1 Å². The van der Waals surface area contributed by atoms with Gasteiger partial charge < -0.3 is 10.1 Å². The SMILES string of the molecule is C[C@H](OC(=O)C1CCCCC1)C(=O)Nc1cc(Cl)cc(Cl)c1. The quantitative estimate of drug-likeness (QED) is 0.822. The second-order valence-electron chi connectivity index (χ2n) is 5.56. The molecule has 1 N–H and O–H groups in total. The fourth-order valence-corrected chi connectivity index (χ4v) is 3.06. The van der Waals surface area contributed by atoms with Crippen LogP contribution in [-0.4, -0.2) is 18.0 Å². The van der Waals surface area contributed by atoms with Crippen LogP contribution >= 0.6 is 23.2 Å². The number of benzene rings is 1. The second-order valence-corrected chi connectivity index (χ2v) is 6.43. The van der Waals surface area contributed by atoms with Crippen molar-refractivity contribution in [3.05, 3.63) is 28.2 Å². The molecule has 0 saturated heterocycles. The predicted octanol–water partition coefficient (Wildman–Crippen LogP) is 4.44. The Bertz CT molecular complexity index is 536. The maximum atomic E-state index is 12.1.